The molecule has 94 valence electrons. The van der Waals surface area contributed by atoms with Crippen molar-refractivity contribution in [1.82, 2.24) is 4.31 Å². The summed E-state index contributed by atoms with van der Waals surface area (Å²) in [7, 11) is -2.44. The highest BCUT2D eigenvalue weighted by Crippen LogP contribution is 2.19. The molecule has 0 spiro atoms. The first-order chi connectivity index (χ1) is 7.93. The Morgan fingerprint density at radius 1 is 1.53 bits per heavy atom. The van der Waals surface area contributed by atoms with E-state index in [0.717, 1.165) is 10.4 Å². The van der Waals surface area contributed by atoms with Gasteiger partial charge in [-0.25, -0.2) is 12.8 Å². The van der Waals surface area contributed by atoms with Crippen LogP contribution in [0.25, 0.3) is 0 Å². The van der Waals surface area contributed by atoms with Gasteiger partial charge in [0.05, 0.1) is 0 Å². The van der Waals surface area contributed by atoms with Crippen LogP contribution in [0.5, 0.6) is 0 Å². The maximum Gasteiger partial charge on any atom is 0.246 e. The monoisotopic (exact) mass is 258 g/mol. The van der Waals surface area contributed by atoms with E-state index >= 15 is 0 Å². The third-order valence-electron chi connectivity index (χ3n) is 2.31. The fourth-order valence-corrected chi connectivity index (χ4v) is 2.51. The van der Waals surface area contributed by atoms with Crippen molar-refractivity contribution in [2.24, 2.45) is 5.73 Å². The van der Waals surface area contributed by atoms with E-state index in [-0.39, 0.29) is 18.0 Å². The van der Waals surface area contributed by atoms with Gasteiger partial charge in [-0.2, -0.15) is 4.31 Å². The molecular formula is C11H15FN2O2S. The van der Waals surface area contributed by atoms with E-state index < -0.39 is 15.8 Å². The van der Waals surface area contributed by atoms with E-state index in [2.05, 4.69) is 6.58 Å². The van der Waals surface area contributed by atoms with Gasteiger partial charge < -0.3 is 5.73 Å². The largest absolute Gasteiger partial charge is 0.326 e. The Hall–Kier alpha value is -1.24. The zero-order valence-electron chi connectivity index (χ0n) is 9.56. The van der Waals surface area contributed by atoms with E-state index in [1.807, 2.05) is 0 Å². The lowest BCUT2D eigenvalue weighted by Crippen LogP contribution is -2.27. The van der Waals surface area contributed by atoms with E-state index in [4.69, 9.17) is 5.73 Å². The van der Waals surface area contributed by atoms with Gasteiger partial charge in [0.25, 0.3) is 0 Å². The molecule has 0 saturated carbocycles. The molecule has 0 amide bonds. The molecule has 0 heterocycles. The van der Waals surface area contributed by atoms with Crippen LogP contribution >= 0.6 is 0 Å². The molecule has 0 aliphatic carbocycles. The second-order valence-corrected chi connectivity index (χ2v) is 5.56. The minimum Gasteiger partial charge on any atom is -0.326 e. The van der Waals surface area contributed by atoms with Crippen molar-refractivity contribution in [3.05, 3.63) is 42.2 Å². The van der Waals surface area contributed by atoms with Crippen molar-refractivity contribution in [3.63, 3.8) is 0 Å². The Kier molecular flexibility index (Phi) is 4.39. The molecule has 2 N–H and O–H groups in total. The predicted octanol–water partition coefficient (Wildman–Crippen LogP) is 1.09. The molecule has 0 unspecified atom stereocenters. The summed E-state index contributed by atoms with van der Waals surface area (Å²) < 4.78 is 38.6. The SMILES string of the molecule is C=CCN(C)S(=O)(=O)c1ccc(CN)cc1F. The Morgan fingerprint density at radius 3 is 2.65 bits per heavy atom. The van der Waals surface area contributed by atoms with Gasteiger partial charge in [-0.15, -0.1) is 6.58 Å². The molecule has 0 aliphatic rings. The summed E-state index contributed by atoms with van der Waals surface area (Å²) >= 11 is 0. The van der Waals surface area contributed by atoms with Gasteiger partial charge in [0.1, 0.15) is 10.7 Å². The van der Waals surface area contributed by atoms with E-state index in [1.165, 1.54) is 25.3 Å². The highest BCUT2D eigenvalue weighted by Gasteiger charge is 2.23. The van der Waals surface area contributed by atoms with Crippen LogP contribution in [0.1, 0.15) is 5.56 Å². The quantitative estimate of drug-likeness (QED) is 0.804. The first-order valence-corrected chi connectivity index (χ1v) is 6.43. The fraction of sp³-hybridized carbons (Fsp3) is 0.273. The number of likely N-dealkylation sites (N-methyl/N-ethyl adjacent to an activating group) is 1. The van der Waals surface area contributed by atoms with Crippen LogP contribution in [0.15, 0.2) is 35.7 Å². The number of sulfonamides is 1. The first kappa shape index (κ1) is 13.8. The molecule has 6 heteroatoms. The third kappa shape index (κ3) is 2.91. The minimum absolute atomic E-state index is 0.125. The molecule has 1 rings (SSSR count). The minimum atomic E-state index is -3.81. The van der Waals surface area contributed by atoms with Crippen LogP contribution in [-0.4, -0.2) is 26.3 Å². The number of hydrogen-bond acceptors (Lipinski definition) is 3. The van der Waals surface area contributed by atoms with Gasteiger partial charge in [-0.1, -0.05) is 12.1 Å². The van der Waals surface area contributed by atoms with E-state index in [1.54, 1.807) is 0 Å². The lowest BCUT2D eigenvalue weighted by Gasteiger charge is -2.15. The maximum atomic E-state index is 13.6. The summed E-state index contributed by atoms with van der Waals surface area (Å²) in [5.41, 5.74) is 5.89. The van der Waals surface area contributed by atoms with Crippen LogP contribution in [-0.2, 0) is 16.6 Å². The molecule has 17 heavy (non-hydrogen) atoms. The fourth-order valence-electron chi connectivity index (χ4n) is 1.33. The number of nitrogens with two attached hydrogens (primary N) is 1. The van der Waals surface area contributed by atoms with E-state index in [0.29, 0.717) is 5.56 Å². The molecule has 0 radical (unpaired) electrons. The topological polar surface area (TPSA) is 63.4 Å². The standard InChI is InChI=1S/C11H15FN2O2S/c1-3-6-14(2)17(15,16)11-5-4-9(8-13)7-10(11)12/h3-5,7H,1,6,8,13H2,2H3. The van der Waals surface area contributed by atoms with Crippen molar-refractivity contribution in [2.45, 2.75) is 11.4 Å². The summed E-state index contributed by atoms with van der Waals surface area (Å²) in [6.45, 7) is 3.73. The van der Waals surface area contributed by atoms with Crippen LogP contribution in [0.2, 0.25) is 0 Å². The number of benzene rings is 1. The van der Waals surface area contributed by atoms with Gasteiger partial charge in [0.2, 0.25) is 10.0 Å². The van der Waals surface area contributed by atoms with Crippen LogP contribution < -0.4 is 5.73 Å². The van der Waals surface area contributed by atoms with Crippen LogP contribution in [0, 0.1) is 5.82 Å². The number of halogens is 1. The molecule has 0 fully saturated rings. The van der Waals surface area contributed by atoms with Gasteiger partial charge in [0.15, 0.2) is 0 Å². The summed E-state index contributed by atoms with van der Waals surface area (Å²) in [5.74, 6) is -0.788. The Labute approximate surface area is 101 Å². The first-order valence-electron chi connectivity index (χ1n) is 4.99. The van der Waals surface area contributed by atoms with Crippen molar-refractivity contribution in [2.75, 3.05) is 13.6 Å². The molecule has 0 bridgehead atoms. The van der Waals surface area contributed by atoms with Gasteiger partial charge >= 0.3 is 0 Å². The molecule has 1 aromatic carbocycles. The van der Waals surface area contributed by atoms with E-state index in [9.17, 15) is 12.8 Å². The molecular weight excluding hydrogens is 243 g/mol. The summed E-state index contributed by atoms with van der Waals surface area (Å²) in [6, 6.07) is 3.86. The predicted molar refractivity (Wildman–Crippen MR) is 64.3 cm³/mol. The second kappa shape index (κ2) is 5.39. The normalized spacial score (nSPS) is 11.8. The average Bonchev–Trinajstić information content (AvgIpc) is 2.28. The molecule has 0 aromatic heterocycles. The maximum absolute atomic E-state index is 13.6. The molecule has 0 saturated heterocycles. The van der Waals surface area contributed by atoms with Crippen LogP contribution in [0.3, 0.4) is 0 Å². The van der Waals surface area contributed by atoms with Crippen molar-refractivity contribution >= 4 is 10.0 Å². The number of nitrogens with zero attached hydrogens (tertiary/aromatic N) is 1. The molecule has 4 nitrogen and oxygen atoms in total. The summed E-state index contributed by atoms with van der Waals surface area (Å²) in [4.78, 5) is -0.348. The second-order valence-electron chi connectivity index (χ2n) is 3.54. The Bertz CT molecular complexity index is 514. The van der Waals surface area contributed by atoms with Gasteiger partial charge in [0, 0.05) is 20.1 Å². The molecule has 0 aliphatic heterocycles. The van der Waals surface area contributed by atoms with Crippen molar-refractivity contribution < 1.29 is 12.8 Å². The Balaban J connectivity index is 3.20. The number of hydrogen-bond donors (Lipinski definition) is 1. The number of rotatable bonds is 5. The Morgan fingerprint density at radius 2 is 2.18 bits per heavy atom. The highest BCUT2D eigenvalue weighted by atomic mass is 32.2. The van der Waals surface area contributed by atoms with Crippen molar-refractivity contribution in [1.29, 1.82) is 0 Å². The zero-order valence-corrected chi connectivity index (χ0v) is 10.4. The lowest BCUT2D eigenvalue weighted by molar-refractivity contribution is 0.489. The van der Waals surface area contributed by atoms with Crippen LogP contribution in [0.4, 0.5) is 4.39 Å². The summed E-state index contributed by atoms with van der Waals surface area (Å²) in [5, 5.41) is 0. The smallest absolute Gasteiger partial charge is 0.246 e. The van der Waals surface area contributed by atoms with Gasteiger partial charge in [-0.3, -0.25) is 0 Å². The third-order valence-corrected chi connectivity index (χ3v) is 4.16. The lowest BCUT2D eigenvalue weighted by atomic mass is 10.2. The summed E-state index contributed by atoms with van der Waals surface area (Å²) in [6.07, 6.45) is 1.43. The van der Waals surface area contributed by atoms with Gasteiger partial charge in [-0.05, 0) is 17.7 Å². The molecule has 0 atom stereocenters. The highest BCUT2D eigenvalue weighted by molar-refractivity contribution is 7.89. The van der Waals surface area contributed by atoms with Crippen molar-refractivity contribution in [3.8, 4) is 0 Å². The zero-order chi connectivity index (χ0) is 13.1. The molecule has 1 aromatic rings. The average molecular weight is 258 g/mol.